The van der Waals surface area contributed by atoms with Crippen molar-refractivity contribution in [3.63, 3.8) is 0 Å². The molecule has 0 aliphatic heterocycles. The zero-order chi connectivity index (χ0) is 15.5. The number of aryl methyl sites for hydroxylation is 1. The fourth-order valence-electron chi connectivity index (χ4n) is 1.76. The smallest absolute Gasteiger partial charge is 0.273 e. The summed E-state index contributed by atoms with van der Waals surface area (Å²) >= 11 is 1.19. The quantitative estimate of drug-likeness (QED) is 0.691. The Kier molecular flexibility index (Phi) is 3.88. The number of fused-ring (bicyclic) bond motifs is 1. The van der Waals surface area contributed by atoms with Gasteiger partial charge < -0.3 is 5.32 Å². The molecule has 0 unspecified atom stereocenters. The SMILES string of the molecule is Cc1nn2c(SCC(=O)Nc3ccccc3)nnc2[nH]c1=O. The van der Waals surface area contributed by atoms with E-state index in [1.807, 2.05) is 30.3 Å². The number of para-hydroxylation sites is 1. The van der Waals surface area contributed by atoms with E-state index in [-0.39, 0.29) is 23.0 Å². The van der Waals surface area contributed by atoms with Gasteiger partial charge in [0.2, 0.25) is 11.1 Å². The molecule has 0 bridgehead atoms. The molecular weight excluding hydrogens is 304 g/mol. The maximum atomic E-state index is 11.9. The van der Waals surface area contributed by atoms with Gasteiger partial charge in [0, 0.05) is 5.69 Å². The standard InChI is InChI=1S/C13H12N6O2S/c1-8-11(21)15-12-16-17-13(19(12)18-8)22-7-10(20)14-9-5-3-2-4-6-9/h2-6H,7H2,1H3,(H,14,20)(H,15,16,21). The van der Waals surface area contributed by atoms with Gasteiger partial charge in [-0.05, 0) is 19.1 Å². The maximum Gasteiger partial charge on any atom is 0.273 e. The van der Waals surface area contributed by atoms with E-state index in [0.717, 1.165) is 5.69 Å². The summed E-state index contributed by atoms with van der Waals surface area (Å²) in [5, 5.41) is 15.1. The van der Waals surface area contributed by atoms with Crippen LogP contribution in [-0.4, -0.2) is 36.5 Å². The van der Waals surface area contributed by atoms with E-state index < -0.39 is 0 Å². The van der Waals surface area contributed by atoms with Crippen molar-refractivity contribution < 1.29 is 4.79 Å². The number of aromatic amines is 1. The zero-order valence-electron chi connectivity index (χ0n) is 11.6. The monoisotopic (exact) mass is 316 g/mol. The largest absolute Gasteiger partial charge is 0.325 e. The molecule has 0 aliphatic rings. The number of hydrogen-bond donors (Lipinski definition) is 2. The second-order valence-corrected chi connectivity index (χ2v) is 5.40. The molecule has 112 valence electrons. The van der Waals surface area contributed by atoms with E-state index in [2.05, 4.69) is 25.6 Å². The van der Waals surface area contributed by atoms with Crippen LogP contribution in [0.1, 0.15) is 5.69 Å². The fourth-order valence-corrected chi connectivity index (χ4v) is 2.44. The Morgan fingerprint density at radius 1 is 1.32 bits per heavy atom. The van der Waals surface area contributed by atoms with Gasteiger partial charge in [-0.3, -0.25) is 14.6 Å². The summed E-state index contributed by atoms with van der Waals surface area (Å²) in [6.45, 7) is 1.59. The van der Waals surface area contributed by atoms with Crippen LogP contribution in [0.2, 0.25) is 0 Å². The Morgan fingerprint density at radius 2 is 2.09 bits per heavy atom. The van der Waals surface area contributed by atoms with Crippen molar-refractivity contribution in [2.24, 2.45) is 0 Å². The summed E-state index contributed by atoms with van der Waals surface area (Å²) in [7, 11) is 0. The number of carbonyl (C=O) groups excluding carboxylic acids is 1. The Hall–Kier alpha value is -2.68. The molecule has 9 heteroatoms. The number of rotatable bonds is 4. The van der Waals surface area contributed by atoms with Crippen LogP contribution in [0.25, 0.3) is 5.78 Å². The molecule has 3 rings (SSSR count). The Bertz CT molecular complexity index is 873. The van der Waals surface area contributed by atoms with E-state index in [9.17, 15) is 9.59 Å². The Labute approximate surface area is 129 Å². The average Bonchev–Trinajstić information content (AvgIpc) is 2.89. The van der Waals surface area contributed by atoms with Crippen LogP contribution in [0, 0.1) is 6.92 Å². The maximum absolute atomic E-state index is 11.9. The van der Waals surface area contributed by atoms with Crippen molar-refractivity contribution in [1.29, 1.82) is 0 Å². The van der Waals surface area contributed by atoms with Crippen LogP contribution >= 0.6 is 11.8 Å². The molecule has 22 heavy (non-hydrogen) atoms. The molecular formula is C13H12N6O2S. The number of hydrogen-bond acceptors (Lipinski definition) is 6. The van der Waals surface area contributed by atoms with Crippen LogP contribution in [0.5, 0.6) is 0 Å². The van der Waals surface area contributed by atoms with Crippen molar-refractivity contribution >= 4 is 29.1 Å². The highest BCUT2D eigenvalue weighted by molar-refractivity contribution is 7.99. The number of nitrogens with zero attached hydrogens (tertiary/aromatic N) is 4. The van der Waals surface area contributed by atoms with Gasteiger partial charge in [0.15, 0.2) is 0 Å². The highest BCUT2D eigenvalue weighted by Gasteiger charge is 2.12. The summed E-state index contributed by atoms with van der Waals surface area (Å²) in [4.78, 5) is 25.9. The predicted molar refractivity (Wildman–Crippen MR) is 81.9 cm³/mol. The molecule has 0 spiro atoms. The van der Waals surface area contributed by atoms with Gasteiger partial charge in [-0.2, -0.15) is 9.61 Å². The minimum atomic E-state index is -0.307. The normalized spacial score (nSPS) is 10.8. The molecule has 1 aromatic carbocycles. The molecule has 2 heterocycles. The van der Waals surface area contributed by atoms with Gasteiger partial charge in [-0.1, -0.05) is 30.0 Å². The fraction of sp³-hybridized carbons (Fsp3) is 0.154. The second kappa shape index (κ2) is 5.98. The molecule has 8 nitrogen and oxygen atoms in total. The molecule has 1 amide bonds. The first-order valence-corrected chi connectivity index (χ1v) is 7.42. The van der Waals surface area contributed by atoms with E-state index in [1.165, 1.54) is 16.3 Å². The van der Waals surface area contributed by atoms with Gasteiger partial charge in [0.05, 0.1) is 5.75 Å². The summed E-state index contributed by atoms with van der Waals surface area (Å²) in [5.41, 5.74) is 0.735. The second-order valence-electron chi connectivity index (χ2n) is 4.46. The minimum Gasteiger partial charge on any atom is -0.325 e. The first-order chi connectivity index (χ1) is 10.6. The van der Waals surface area contributed by atoms with Crippen molar-refractivity contribution in [1.82, 2.24) is 24.8 Å². The zero-order valence-corrected chi connectivity index (χ0v) is 12.4. The van der Waals surface area contributed by atoms with Crippen LogP contribution in [0.3, 0.4) is 0 Å². The molecule has 0 radical (unpaired) electrons. The summed E-state index contributed by atoms with van der Waals surface area (Å²) in [6, 6.07) is 9.19. The minimum absolute atomic E-state index is 0.158. The number of nitrogens with one attached hydrogen (secondary N) is 2. The van der Waals surface area contributed by atoms with E-state index in [0.29, 0.717) is 10.9 Å². The van der Waals surface area contributed by atoms with Crippen molar-refractivity contribution in [3.05, 3.63) is 46.4 Å². The van der Waals surface area contributed by atoms with Gasteiger partial charge in [-0.15, -0.1) is 10.2 Å². The Morgan fingerprint density at radius 3 is 2.86 bits per heavy atom. The third-order valence-corrected chi connectivity index (χ3v) is 3.73. The summed E-state index contributed by atoms with van der Waals surface area (Å²) in [5.74, 6) is 0.255. The van der Waals surface area contributed by atoms with Crippen molar-refractivity contribution in [2.45, 2.75) is 12.1 Å². The molecule has 0 aliphatic carbocycles. The van der Waals surface area contributed by atoms with Crippen molar-refractivity contribution in [3.8, 4) is 0 Å². The highest BCUT2D eigenvalue weighted by Crippen LogP contribution is 2.15. The van der Waals surface area contributed by atoms with Crippen LogP contribution < -0.4 is 10.9 Å². The molecule has 0 atom stereocenters. The molecule has 3 aromatic rings. The number of amides is 1. The lowest BCUT2D eigenvalue weighted by molar-refractivity contribution is -0.113. The van der Waals surface area contributed by atoms with Crippen LogP contribution in [0.15, 0.2) is 40.3 Å². The molecule has 0 saturated heterocycles. The van der Waals surface area contributed by atoms with Crippen LogP contribution in [0.4, 0.5) is 5.69 Å². The lowest BCUT2D eigenvalue weighted by atomic mass is 10.3. The van der Waals surface area contributed by atoms with E-state index >= 15 is 0 Å². The first-order valence-electron chi connectivity index (χ1n) is 6.43. The Balaban J connectivity index is 1.70. The first kappa shape index (κ1) is 14.3. The number of carbonyl (C=O) groups is 1. The lowest BCUT2D eigenvalue weighted by Crippen LogP contribution is -2.16. The average molecular weight is 316 g/mol. The number of aromatic nitrogens is 5. The predicted octanol–water partition coefficient (Wildman–Crippen LogP) is 0.852. The topological polar surface area (TPSA) is 105 Å². The van der Waals surface area contributed by atoms with E-state index in [1.54, 1.807) is 6.92 Å². The number of benzene rings is 1. The lowest BCUT2D eigenvalue weighted by Gasteiger charge is -2.03. The van der Waals surface area contributed by atoms with Crippen molar-refractivity contribution in [2.75, 3.05) is 11.1 Å². The molecule has 2 N–H and O–H groups in total. The third-order valence-electron chi connectivity index (χ3n) is 2.81. The highest BCUT2D eigenvalue weighted by atomic mass is 32.2. The number of H-pyrrole nitrogens is 1. The van der Waals surface area contributed by atoms with E-state index in [4.69, 9.17) is 0 Å². The summed E-state index contributed by atoms with van der Waals surface area (Å²) in [6.07, 6.45) is 0. The molecule has 0 saturated carbocycles. The third kappa shape index (κ3) is 2.98. The van der Waals surface area contributed by atoms with Gasteiger partial charge in [0.1, 0.15) is 5.69 Å². The van der Waals surface area contributed by atoms with Gasteiger partial charge in [-0.25, -0.2) is 0 Å². The molecule has 2 aromatic heterocycles. The number of anilines is 1. The summed E-state index contributed by atoms with van der Waals surface area (Å²) < 4.78 is 1.41. The van der Waals surface area contributed by atoms with Gasteiger partial charge in [0.25, 0.3) is 11.3 Å². The molecule has 0 fully saturated rings. The number of thioether (sulfide) groups is 1. The van der Waals surface area contributed by atoms with Gasteiger partial charge >= 0.3 is 0 Å². The van der Waals surface area contributed by atoms with Crippen LogP contribution in [-0.2, 0) is 4.79 Å².